The molecule has 0 spiro atoms. The van der Waals surface area contributed by atoms with Crippen molar-refractivity contribution in [3.8, 4) is 0 Å². The Bertz CT molecular complexity index is 618. The van der Waals surface area contributed by atoms with E-state index in [1.54, 1.807) is 0 Å². The van der Waals surface area contributed by atoms with Gasteiger partial charge in [0.1, 0.15) is 0 Å². The van der Waals surface area contributed by atoms with E-state index < -0.39 is 0 Å². The van der Waals surface area contributed by atoms with E-state index in [4.69, 9.17) is 0 Å². The zero-order valence-corrected chi connectivity index (χ0v) is 16.1. The summed E-state index contributed by atoms with van der Waals surface area (Å²) >= 11 is 0. The lowest BCUT2D eigenvalue weighted by atomic mass is 9.91. The van der Waals surface area contributed by atoms with Gasteiger partial charge in [-0.2, -0.15) is 0 Å². The average Bonchev–Trinajstić information content (AvgIpc) is 2.53. The van der Waals surface area contributed by atoms with Crippen molar-refractivity contribution < 1.29 is 14.4 Å². The number of nitrogens with zero attached hydrogens (tertiary/aromatic N) is 1. The van der Waals surface area contributed by atoms with Crippen LogP contribution in [0.5, 0.6) is 0 Å². The average molecular weight is 358 g/mol. The summed E-state index contributed by atoms with van der Waals surface area (Å²) in [6.45, 7) is 7.85. The predicted molar refractivity (Wildman–Crippen MR) is 101 cm³/mol. The molecule has 0 bridgehead atoms. The Morgan fingerprint density at radius 1 is 1.08 bits per heavy atom. The first-order valence-electron chi connectivity index (χ1n) is 9.37. The highest BCUT2D eigenvalue weighted by atomic mass is 16.2. The molecule has 0 atom stereocenters. The molecule has 1 saturated heterocycles. The molecule has 1 heterocycles. The molecule has 1 fully saturated rings. The van der Waals surface area contributed by atoms with E-state index in [0.717, 1.165) is 12.8 Å². The topological polar surface area (TPSA) is 66.5 Å². The van der Waals surface area contributed by atoms with Crippen LogP contribution >= 0.6 is 0 Å². The molecule has 1 aromatic carbocycles. The molecule has 26 heavy (non-hydrogen) atoms. The van der Waals surface area contributed by atoms with Crippen LogP contribution in [0.2, 0.25) is 0 Å². The summed E-state index contributed by atoms with van der Waals surface area (Å²) in [7, 11) is 0. The first-order chi connectivity index (χ1) is 12.2. The van der Waals surface area contributed by atoms with Gasteiger partial charge in [0.2, 0.25) is 17.7 Å². The Morgan fingerprint density at radius 2 is 1.69 bits per heavy atom. The van der Waals surface area contributed by atoms with Crippen LogP contribution in [-0.4, -0.2) is 35.7 Å². The number of benzene rings is 1. The van der Waals surface area contributed by atoms with E-state index in [1.807, 2.05) is 23.1 Å². The van der Waals surface area contributed by atoms with Gasteiger partial charge in [-0.15, -0.1) is 0 Å². The van der Waals surface area contributed by atoms with Gasteiger partial charge in [0.25, 0.3) is 0 Å². The third kappa shape index (κ3) is 6.98. The normalized spacial score (nSPS) is 15.7. The standard InChI is InChI=1S/C21H30N2O3/c1-21(2,3)10-12-23(11-9-16-7-5-4-6-8-16)20(26)15-17-13-18(24)22-19(25)14-17/h4-8,17H,9-15H2,1-3H3,(H,22,24,25). The molecule has 0 aliphatic carbocycles. The summed E-state index contributed by atoms with van der Waals surface area (Å²) in [5.74, 6) is -0.690. The quantitative estimate of drug-likeness (QED) is 0.762. The number of nitrogens with one attached hydrogen (secondary N) is 1. The van der Waals surface area contributed by atoms with Crippen molar-refractivity contribution in [1.82, 2.24) is 10.2 Å². The molecule has 0 radical (unpaired) electrons. The second-order valence-electron chi connectivity index (χ2n) is 8.38. The Labute approximate surface area is 156 Å². The van der Waals surface area contributed by atoms with Crippen molar-refractivity contribution in [3.05, 3.63) is 35.9 Å². The monoisotopic (exact) mass is 358 g/mol. The molecule has 0 unspecified atom stereocenters. The fraction of sp³-hybridized carbons (Fsp3) is 0.571. The highest BCUT2D eigenvalue weighted by Gasteiger charge is 2.28. The van der Waals surface area contributed by atoms with Gasteiger partial charge < -0.3 is 4.90 Å². The van der Waals surface area contributed by atoms with Crippen LogP contribution in [-0.2, 0) is 20.8 Å². The highest BCUT2D eigenvalue weighted by Crippen LogP contribution is 2.22. The van der Waals surface area contributed by atoms with Crippen molar-refractivity contribution in [1.29, 1.82) is 0 Å². The van der Waals surface area contributed by atoms with Crippen LogP contribution in [0.3, 0.4) is 0 Å². The molecule has 2 rings (SSSR count). The van der Waals surface area contributed by atoms with Gasteiger partial charge in [-0.1, -0.05) is 51.1 Å². The van der Waals surface area contributed by atoms with Crippen molar-refractivity contribution >= 4 is 17.7 Å². The van der Waals surface area contributed by atoms with Crippen molar-refractivity contribution in [2.75, 3.05) is 13.1 Å². The summed E-state index contributed by atoms with van der Waals surface area (Å²) in [5, 5.41) is 2.30. The van der Waals surface area contributed by atoms with Crippen LogP contribution in [0.4, 0.5) is 0 Å². The van der Waals surface area contributed by atoms with Crippen LogP contribution in [0.15, 0.2) is 30.3 Å². The molecule has 142 valence electrons. The second-order valence-corrected chi connectivity index (χ2v) is 8.38. The number of hydrogen-bond donors (Lipinski definition) is 1. The second kappa shape index (κ2) is 8.97. The Kier molecular flexibility index (Phi) is 6.95. The summed E-state index contributed by atoms with van der Waals surface area (Å²) < 4.78 is 0. The van der Waals surface area contributed by atoms with Crippen LogP contribution < -0.4 is 5.32 Å². The number of hydrogen-bond acceptors (Lipinski definition) is 3. The molecule has 1 aliphatic heterocycles. The summed E-state index contributed by atoms with van der Waals surface area (Å²) in [6, 6.07) is 10.1. The van der Waals surface area contributed by atoms with Gasteiger partial charge in [-0.3, -0.25) is 19.7 Å². The minimum atomic E-state index is -0.274. The number of imide groups is 1. The van der Waals surface area contributed by atoms with Crippen LogP contribution in [0, 0.1) is 11.3 Å². The lowest BCUT2D eigenvalue weighted by Crippen LogP contribution is -2.41. The van der Waals surface area contributed by atoms with E-state index in [9.17, 15) is 14.4 Å². The minimum absolute atomic E-state index is 0.0395. The van der Waals surface area contributed by atoms with E-state index >= 15 is 0 Å². The van der Waals surface area contributed by atoms with Gasteiger partial charge >= 0.3 is 0 Å². The van der Waals surface area contributed by atoms with E-state index in [2.05, 4.69) is 38.2 Å². The smallest absolute Gasteiger partial charge is 0.226 e. The maximum Gasteiger partial charge on any atom is 0.226 e. The molecule has 5 heteroatoms. The maximum absolute atomic E-state index is 12.8. The van der Waals surface area contributed by atoms with Crippen molar-refractivity contribution in [3.63, 3.8) is 0 Å². The third-order valence-corrected chi connectivity index (χ3v) is 4.69. The molecule has 1 N–H and O–H groups in total. The summed E-state index contributed by atoms with van der Waals surface area (Å²) in [6.07, 6.45) is 2.49. The highest BCUT2D eigenvalue weighted by molar-refractivity contribution is 5.98. The molecule has 1 aliphatic rings. The fourth-order valence-electron chi connectivity index (χ4n) is 3.11. The van der Waals surface area contributed by atoms with E-state index in [1.165, 1.54) is 5.56 Å². The first-order valence-corrected chi connectivity index (χ1v) is 9.37. The Balaban J connectivity index is 1.97. The molecule has 0 aromatic heterocycles. The van der Waals surface area contributed by atoms with E-state index in [0.29, 0.717) is 13.1 Å². The molecule has 1 aromatic rings. The zero-order chi connectivity index (χ0) is 19.2. The SMILES string of the molecule is CC(C)(C)CCN(CCc1ccccc1)C(=O)CC1CC(=O)NC(=O)C1. The molecule has 0 saturated carbocycles. The summed E-state index contributed by atoms with van der Waals surface area (Å²) in [5.41, 5.74) is 1.35. The first kappa shape index (κ1) is 20.1. The van der Waals surface area contributed by atoms with Crippen molar-refractivity contribution in [2.24, 2.45) is 11.3 Å². The lowest BCUT2D eigenvalue weighted by molar-refractivity contribution is -0.137. The lowest BCUT2D eigenvalue weighted by Gasteiger charge is -2.29. The number of carbonyl (C=O) groups is 3. The molecule has 5 nitrogen and oxygen atoms in total. The Morgan fingerprint density at radius 3 is 2.27 bits per heavy atom. The molecular weight excluding hydrogens is 328 g/mol. The largest absolute Gasteiger partial charge is 0.342 e. The minimum Gasteiger partial charge on any atom is -0.342 e. The predicted octanol–water partition coefficient (Wildman–Crippen LogP) is 2.94. The number of carbonyl (C=O) groups excluding carboxylic acids is 3. The zero-order valence-electron chi connectivity index (χ0n) is 16.1. The summed E-state index contributed by atoms with van der Waals surface area (Å²) in [4.78, 5) is 37.8. The van der Waals surface area contributed by atoms with Gasteiger partial charge in [-0.25, -0.2) is 0 Å². The van der Waals surface area contributed by atoms with Gasteiger partial charge in [0, 0.05) is 32.4 Å². The van der Waals surface area contributed by atoms with Gasteiger partial charge in [0.15, 0.2) is 0 Å². The number of amides is 3. The van der Waals surface area contributed by atoms with Crippen molar-refractivity contribution in [2.45, 2.75) is 52.9 Å². The molecular formula is C21H30N2O3. The van der Waals surface area contributed by atoms with Crippen LogP contribution in [0.1, 0.15) is 52.0 Å². The molecule has 3 amide bonds. The van der Waals surface area contributed by atoms with Gasteiger partial charge in [-0.05, 0) is 29.7 Å². The van der Waals surface area contributed by atoms with Gasteiger partial charge in [0.05, 0.1) is 0 Å². The maximum atomic E-state index is 12.8. The van der Waals surface area contributed by atoms with Crippen LogP contribution in [0.25, 0.3) is 0 Å². The number of rotatable bonds is 7. The van der Waals surface area contributed by atoms with E-state index in [-0.39, 0.29) is 48.3 Å². The Hall–Kier alpha value is -2.17. The fourth-order valence-corrected chi connectivity index (χ4v) is 3.11. The third-order valence-electron chi connectivity index (χ3n) is 4.69. The number of piperidine rings is 1.